The minimum atomic E-state index is -0.318. The molecule has 5 heteroatoms. The highest BCUT2D eigenvalue weighted by Gasteiger charge is 2.25. The van der Waals surface area contributed by atoms with Crippen molar-refractivity contribution >= 4 is 33.3 Å². The third kappa shape index (κ3) is 2.66. The monoisotopic (exact) mass is 296 g/mol. The Balaban J connectivity index is 0.000000139. The van der Waals surface area contributed by atoms with Crippen LogP contribution in [0.4, 0.5) is 0 Å². The molecule has 0 atom stereocenters. The zero-order chi connectivity index (χ0) is 12.6. The van der Waals surface area contributed by atoms with E-state index in [9.17, 15) is 4.79 Å². The Morgan fingerprint density at radius 1 is 1.41 bits per heavy atom. The fourth-order valence-corrected chi connectivity index (χ4v) is 1.73. The summed E-state index contributed by atoms with van der Waals surface area (Å²) < 4.78 is 7.62. The number of rotatable bonds is 1. The molecular weight excluding hydrogens is 284 g/mol. The minimum absolute atomic E-state index is 0.318. The molecule has 90 valence electrons. The summed E-state index contributed by atoms with van der Waals surface area (Å²) >= 11 is 3.40. The van der Waals surface area contributed by atoms with Gasteiger partial charge < -0.3 is 4.74 Å². The largest absolute Gasteiger partial charge is 0.462 e. The highest BCUT2D eigenvalue weighted by Crippen LogP contribution is 2.35. The second-order valence-corrected chi connectivity index (χ2v) is 5.64. The van der Waals surface area contributed by atoms with Gasteiger partial charge in [0.1, 0.15) is 5.60 Å². The molecule has 4 nitrogen and oxygen atoms in total. The molecule has 2 aliphatic rings. The first-order valence-corrected chi connectivity index (χ1v) is 6.02. The minimum Gasteiger partial charge on any atom is -0.462 e. The summed E-state index contributed by atoms with van der Waals surface area (Å²) in [4.78, 5) is 9.60. The van der Waals surface area contributed by atoms with Crippen molar-refractivity contribution in [3.8, 4) is 5.82 Å². The third-order valence-electron chi connectivity index (χ3n) is 2.19. The van der Waals surface area contributed by atoms with E-state index in [1.54, 1.807) is 0 Å². The Morgan fingerprint density at radius 3 is 2.65 bits per heavy atom. The Labute approximate surface area is 108 Å². The predicted molar refractivity (Wildman–Crippen MR) is 69.2 cm³/mol. The van der Waals surface area contributed by atoms with Gasteiger partial charge in [-0.05, 0) is 39.0 Å². The van der Waals surface area contributed by atoms with E-state index in [2.05, 4.69) is 37.9 Å². The number of hydrogen-bond acceptors (Lipinski definition) is 3. The molecule has 1 aromatic carbocycles. The van der Waals surface area contributed by atoms with Gasteiger partial charge in [-0.15, -0.1) is 5.10 Å². The number of hydrogen-bond donors (Lipinski definition) is 0. The molecule has 17 heavy (non-hydrogen) atoms. The van der Waals surface area contributed by atoms with Crippen molar-refractivity contribution in [1.82, 2.24) is 9.78 Å². The fraction of sp³-hybridized carbons (Fsp3) is 0.333. The molecule has 0 spiro atoms. The van der Waals surface area contributed by atoms with Crippen LogP contribution in [0.3, 0.4) is 0 Å². The number of nitrogens with zero attached hydrogens (tertiary/aromatic N) is 2. The van der Waals surface area contributed by atoms with Crippen LogP contribution >= 0.6 is 15.9 Å². The van der Waals surface area contributed by atoms with Gasteiger partial charge in [0.2, 0.25) is 0 Å². The Hall–Kier alpha value is -1.36. The van der Waals surface area contributed by atoms with Crippen LogP contribution in [0.5, 0.6) is 0 Å². The van der Waals surface area contributed by atoms with Crippen molar-refractivity contribution < 1.29 is 9.53 Å². The molecule has 3 rings (SSSR count). The summed E-state index contributed by atoms with van der Waals surface area (Å²) in [6, 6.07) is 6.19. The lowest BCUT2D eigenvalue weighted by atomic mass is 10.2. The van der Waals surface area contributed by atoms with Gasteiger partial charge in [0, 0.05) is 9.86 Å². The lowest BCUT2D eigenvalue weighted by Crippen LogP contribution is -2.17. The van der Waals surface area contributed by atoms with Crippen LogP contribution in [-0.4, -0.2) is 21.9 Å². The molecule has 2 heterocycles. The van der Waals surface area contributed by atoms with E-state index < -0.39 is 0 Å². The summed E-state index contributed by atoms with van der Waals surface area (Å²) in [6.45, 7) is 5.92. The molecule has 1 aromatic rings. The Morgan fingerprint density at radius 2 is 2.12 bits per heavy atom. The summed E-state index contributed by atoms with van der Waals surface area (Å²) in [6.07, 6.45) is 0. The van der Waals surface area contributed by atoms with Crippen molar-refractivity contribution in [1.29, 1.82) is 0 Å². The zero-order valence-electron chi connectivity index (χ0n) is 9.90. The van der Waals surface area contributed by atoms with E-state index in [4.69, 9.17) is 0 Å². The maximum atomic E-state index is 9.60. The van der Waals surface area contributed by atoms with Gasteiger partial charge in [-0.2, -0.15) is 0 Å². The number of halogens is 1. The van der Waals surface area contributed by atoms with Crippen LogP contribution in [0, 0.1) is 0 Å². The van der Waals surface area contributed by atoms with Crippen LogP contribution in [-0.2, 0) is 9.53 Å². The molecule has 0 saturated heterocycles. The van der Waals surface area contributed by atoms with Crippen LogP contribution in [0.25, 0.3) is 16.7 Å². The van der Waals surface area contributed by atoms with Gasteiger partial charge in [-0.3, -0.25) is 4.79 Å². The van der Waals surface area contributed by atoms with Gasteiger partial charge in [0.25, 0.3) is 6.47 Å². The number of carbonyl (C=O) groups is 1. The second-order valence-electron chi connectivity index (χ2n) is 4.72. The molecule has 0 saturated carbocycles. The molecule has 0 fully saturated rings. The van der Waals surface area contributed by atoms with Gasteiger partial charge in [-0.25, -0.2) is 4.68 Å². The van der Waals surface area contributed by atoms with Gasteiger partial charge >= 0.3 is 0 Å². The van der Waals surface area contributed by atoms with Crippen LogP contribution in [0.15, 0.2) is 22.7 Å². The van der Waals surface area contributed by atoms with E-state index in [0.29, 0.717) is 6.47 Å². The molecule has 2 aliphatic heterocycles. The van der Waals surface area contributed by atoms with E-state index in [0.717, 1.165) is 10.3 Å². The van der Waals surface area contributed by atoms with Crippen LogP contribution in [0.1, 0.15) is 20.8 Å². The lowest BCUT2D eigenvalue weighted by Gasteiger charge is -2.14. The molecule has 0 aromatic heterocycles. The van der Waals surface area contributed by atoms with Gasteiger partial charge in [-0.1, -0.05) is 15.9 Å². The zero-order valence-corrected chi connectivity index (χ0v) is 11.5. The molecular formula is C12H13BrN2O2. The Bertz CT molecular complexity index is 570. The maximum absolute atomic E-state index is 9.60. The van der Waals surface area contributed by atoms with Crippen molar-refractivity contribution in [2.75, 3.05) is 0 Å². The molecule has 0 aliphatic carbocycles. The van der Waals surface area contributed by atoms with Crippen molar-refractivity contribution in [3.05, 3.63) is 22.7 Å². The summed E-state index contributed by atoms with van der Waals surface area (Å²) in [7, 11) is 0. The average Bonchev–Trinajstić information content (AvgIpc) is 2.89. The molecule has 0 amide bonds. The predicted octanol–water partition coefficient (Wildman–Crippen LogP) is 3.06. The molecule has 0 radical (unpaired) electrons. The van der Waals surface area contributed by atoms with Crippen molar-refractivity contribution in [2.45, 2.75) is 26.4 Å². The number of ether oxygens (including phenoxy) is 1. The SMILES string of the molecule is Brc1ccc2c(c1)c1nn2-1.CC(C)(C)OC=O. The van der Waals surface area contributed by atoms with Crippen LogP contribution < -0.4 is 0 Å². The molecule has 0 bridgehead atoms. The summed E-state index contributed by atoms with van der Waals surface area (Å²) in [5.74, 6) is 1.14. The van der Waals surface area contributed by atoms with Crippen molar-refractivity contribution in [2.24, 2.45) is 0 Å². The van der Waals surface area contributed by atoms with Crippen LogP contribution in [0.2, 0.25) is 0 Å². The summed E-state index contributed by atoms with van der Waals surface area (Å²) in [5, 5.41) is 5.38. The van der Waals surface area contributed by atoms with Crippen molar-refractivity contribution in [3.63, 3.8) is 0 Å². The maximum Gasteiger partial charge on any atom is 0.293 e. The highest BCUT2D eigenvalue weighted by atomic mass is 79.9. The third-order valence-corrected chi connectivity index (χ3v) is 2.68. The lowest BCUT2D eigenvalue weighted by molar-refractivity contribution is -0.138. The first-order chi connectivity index (χ1) is 7.92. The van der Waals surface area contributed by atoms with E-state index in [1.807, 2.05) is 31.5 Å². The topological polar surface area (TPSA) is 44.1 Å². The smallest absolute Gasteiger partial charge is 0.293 e. The molecule has 0 unspecified atom stereocenters. The van der Waals surface area contributed by atoms with Gasteiger partial charge in [0.15, 0.2) is 5.82 Å². The Kier molecular flexibility index (Phi) is 2.95. The van der Waals surface area contributed by atoms with E-state index in [1.165, 1.54) is 10.9 Å². The number of aromatic nitrogens is 2. The second kappa shape index (κ2) is 4.14. The average molecular weight is 297 g/mol. The molecule has 0 N–H and O–H groups in total. The first-order valence-electron chi connectivity index (χ1n) is 5.22. The number of fused-ring (bicyclic) bond motifs is 4. The summed E-state index contributed by atoms with van der Waals surface area (Å²) in [5.41, 5.74) is 0.917. The van der Waals surface area contributed by atoms with E-state index >= 15 is 0 Å². The number of benzene rings is 1. The first kappa shape index (κ1) is 12.1. The number of carbonyl (C=O) groups excluding carboxylic acids is 1. The van der Waals surface area contributed by atoms with E-state index in [-0.39, 0.29) is 5.60 Å². The normalized spacial score (nSPS) is 11.8. The quantitative estimate of drug-likeness (QED) is 0.648. The fourth-order valence-electron chi connectivity index (χ4n) is 1.37. The standard InChI is InChI=1S/C7H3BrN2.C5H10O2/c8-4-1-2-6-5(3-4)7-9-10(6)7;1-5(2,3)7-4-6/h1-3H;4H,1-3H3. The highest BCUT2D eigenvalue weighted by molar-refractivity contribution is 9.10. The van der Waals surface area contributed by atoms with Gasteiger partial charge in [0.05, 0.1) is 5.52 Å².